The predicted molar refractivity (Wildman–Crippen MR) is 128 cm³/mol. The van der Waals surface area contributed by atoms with Gasteiger partial charge in [0.2, 0.25) is 0 Å². The highest BCUT2D eigenvalue weighted by Gasteiger charge is 2.16. The van der Waals surface area contributed by atoms with Crippen LogP contribution in [0.4, 0.5) is 15.8 Å². The van der Waals surface area contributed by atoms with Crippen LogP contribution in [0.15, 0.2) is 48.6 Å². The monoisotopic (exact) mass is 455 g/mol. The molecule has 0 aliphatic rings. The Morgan fingerprint density at radius 1 is 1.42 bits per heavy atom. The van der Waals surface area contributed by atoms with Crippen LogP contribution in [0.1, 0.15) is 35.9 Å². The van der Waals surface area contributed by atoms with Crippen molar-refractivity contribution in [2.24, 2.45) is 0 Å². The van der Waals surface area contributed by atoms with Crippen molar-refractivity contribution in [2.45, 2.75) is 20.2 Å². The second-order valence-electron chi connectivity index (χ2n) is 7.29. The summed E-state index contributed by atoms with van der Waals surface area (Å²) >= 11 is 0. The lowest BCUT2D eigenvalue weighted by Gasteiger charge is -2.15. The number of hydrogen-bond acceptors (Lipinski definition) is 6. The third-order valence-electron chi connectivity index (χ3n) is 4.59. The first kappa shape index (κ1) is 14.4. The maximum Gasteiger partial charge on any atom is 0.159 e. The van der Waals surface area contributed by atoms with Crippen LogP contribution in [0.3, 0.4) is 0 Å². The molecule has 0 amide bonds. The lowest BCUT2D eigenvalue weighted by Crippen LogP contribution is -2.11. The number of nitriles is 1. The van der Waals surface area contributed by atoms with E-state index in [9.17, 15) is 14.4 Å². The van der Waals surface area contributed by atoms with Crippen LogP contribution >= 0.6 is 0 Å². The van der Waals surface area contributed by atoms with Crippen molar-refractivity contribution in [3.8, 4) is 11.8 Å². The van der Waals surface area contributed by atoms with Gasteiger partial charge in [0.1, 0.15) is 17.6 Å². The molecule has 0 saturated heterocycles. The summed E-state index contributed by atoms with van der Waals surface area (Å²) in [5.41, 5.74) is 0.995. The number of ether oxygens (including phenoxy) is 1. The number of rotatable bonds is 9. The van der Waals surface area contributed by atoms with E-state index in [1.807, 2.05) is 6.07 Å². The molecule has 1 N–H and O–H groups in total. The highest BCUT2D eigenvalue weighted by Crippen LogP contribution is 2.34. The Morgan fingerprint density at radius 2 is 2.24 bits per heavy atom. The number of nitrogens with zero attached hydrogens (tertiary/aromatic N) is 3. The molecule has 0 aliphatic heterocycles. The van der Waals surface area contributed by atoms with Gasteiger partial charge in [-0.25, -0.2) is 4.39 Å². The van der Waals surface area contributed by atoms with Gasteiger partial charge in [-0.15, -0.1) is 0 Å². The van der Waals surface area contributed by atoms with Gasteiger partial charge in [0.25, 0.3) is 0 Å². The van der Waals surface area contributed by atoms with Crippen LogP contribution in [-0.4, -0.2) is 42.8 Å². The number of likely N-dealkylation sites (N-methyl/N-ethyl adjacent to an activating group) is 1. The van der Waals surface area contributed by atoms with Gasteiger partial charge in [-0.2, -0.15) is 5.26 Å². The number of aryl methyl sites for hydroxylation is 1. The van der Waals surface area contributed by atoms with E-state index in [1.54, 1.807) is 6.92 Å². The molecule has 1 aromatic heterocycles. The number of allylic oxidation sites excluding steroid dienone is 1. The lowest BCUT2D eigenvalue weighted by atomic mass is 10.0. The maximum atomic E-state index is 13.8. The summed E-state index contributed by atoms with van der Waals surface area (Å²) in [6.07, 6.45) is 0.507. The van der Waals surface area contributed by atoms with Gasteiger partial charge in [0.15, 0.2) is 5.78 Å². The van der Waals surface area contributed by atoms with Crippen LogP contribution in [0, 0.1) is 24.1 Å². The number of carbonyl (C=O) groups is 1. The van der Waals surface area contributed by atoms with E-state index in [2.05, 4.69) is 10.3 Å². The Bertz CT molecular complexity index is 1620. The van der Waals surface area contributed by atoms with Crippen LogP contribution in [0.2, 0.25) is 0 Å². The molecule has 170 valence electrons. The fraction of sp³-hybridized carbons (Fsp3) is 0.269. The van der Waals surface area contributed by atoms with Crippen LogP contribution < -0.4 is 10.1 Å². The first-order valence-corrected chi connectivity index (χ1v) is 9.76. The summed E-state index contributed by atoms with van der Waals surface area (Å²) in [5, 5.41) is 13.0. The van der Waals surface area contributed by atoms with E-state index in [-0.39, 0.29) is 27.7 Å². The van der Waals surface area contributed by atoms with Crippen LogP contribution in [-0.2, 0) is 11.2 Å². The number of fused-ring (bicyclic) bond motifs is 1. The lowest BCUT2D eigenvalue weighted by molar-refractivity contribution is -0.114. The number of pyridine rings is 1. The SMILES string of the molecule is [2H]/C(C(=O)Cc1cc2c(Nc3ccc(F)c(C)c3)c(C#N)cnc2cc1OC([2H])([2H])C([2H])([2H])[2H])=C(/[2H])C([2H])([2H])N(C)C. The fourth-order valence-electron chi connectivity index (χ4n) is 3.07. The topological polar surface area (TPSA) is 78.2 Å². The van der Waals surface area contributed by atoms with Crippen molar-refractivity contribution in [1.82, 2.24) is 9.88 Å². The van der Waals surface area contributed by atoms with E-state index in [0.717, 1.165) is 4.90 Å². The standard InChI is InChI=1S/C26H27FN4O2/c1-5-33-25-14-24-22(13-18(25)12-21(32)7-6-10-31(3)4)26(19(15-28)16-29-24)30-20-8-9-23(27)17(2)11-20/h6-9,11,13-14,16H,5,10,12H2,1-4H3,(H,29,30)/b7-6+/i1D3,5D2,6D,7D,10D2. The largest absolute Gasteiger partial charge is 0.494 e. The van der Waals surface area contributed by atoms with Crippen molar-refractivity contribution in [3.63, 3.8) is 0 Å². The van der Waals surface area contributed by atoms with Gasteiger partial charge in [-0.05, 0) is 63.8 Å². The van der Waals surface area contributed by atoms with Gasteiger partial charge in [0, 0.05) is 48.7 Å². The van der Waals surface area contributed by atoms with Gasteiger partial charge in [-0.3, -0.25) is 9.78 Å². The number of benzene rings is 2. The van der Waals surface area contributed by atoms with Crippen molar-refractivity contribution >= 4 is 28.1 Å². The zero-order valence-electron chi connectivity index (χ0n) is 27.2. The minimum absolute atomic E-state index is 0.0574. The zero-order chi connectivity index (χ0) is 31.8. The normalized spacial score (nSPS) is 17.0. The fourth-order valence-corrected chi connectivity index (χ4v) is 3.07. The number of ketones is 1. The summed E-state index contributed by atoms with van der Waals surface area (Å²) in [4.78, 5) is 18.3. The second kappa shape index (κ2) is 10.7. The molecule has 0 aliphatic carbocycles. The minimum Gasteiger partial charge on any atom is -0.494 e. The predicted octanol–water partition coefficient (Wildman–Crippen LogP) is 4.93. The summed E-state index contributed by atoms with van der Waals surface area (Å²) in [6.45, 7) is -7.34. The molecule has 0 atom stereocenters. The molecule has 3 rings (SSSR count). The number of aromatic nitrogens is 1. The molecule has 3 aromatic rings. The van der Waals surface area contributed by atoms with Crippen molar-refractivity contribution in [3.05, 3.63) is 71.1 Å². The third-order valence-corrected chi connectivity index (χ3v) is 4.59. The first-order chi connectivity index (χ1) is 19.3. The number of nitrogens with one attached hydrogen (secondary N) is 1. The van der Waals surface area contributed by atoms with Gasteiger partial charge >= 0.3 is 0 Å². The average molecular weight is 456 g/mol. The summed E-state index contributed by atoms with van der Waals surface area (Å²) in [5.74, 6) is -1.87. The number of halogens is 1. The van der Waals surface area contributed by atoms with E-state index >= 15 is 0 Å². The smallest absolute Gasteiger partial charge is 0.159 e. The Morgan fingerprint density at radius 3 is 2.94 bits per heavy atom. The van der Waals surface area contributed by atoms with E-state index in [1.165, 1.54) is 50.6 Å². The molecule has 0 saturated carbocycles. The number of anilines is 2. The molecule has 0 fully saturated rings. The Hall–Kier alpha value is -3.76. The highest BCUT2D eigenvalue weighted by molar-refractivity contribution is 5.98. The Balaban J connectivity index is 2.24. The quantitative estimate of drug-likeness (QED) is 0.461. The van der Waals surface area contributed by atoms with Gasteiger partial charge in [-0.1, -0.05) is 6.05 Å². The Labute approximate surface area is 206 Å². The first-order valence-electron chi connectivity index (χ1n) is 14.3. The zero-order valence-corrected chi connectivity index (χ0v) is 18.2. The molecular formula is C26H27FN4O2. The molecule has 0 bridgehead atoms. The third kappa shape index (κ3) is 5.93. The van der Waals surface area contributed by atoms with Gasteiger partial charge in [0.05, 0.1) is 28.8 Å². The van der Waals surface area contributed by atoms with E-state index in [4.69, 9.17) is 17.1 Å². The van der Waals surface area contributed by atoms with E-state index in [0.29, 0.717) is 11.3 Å². The second-order valence-corrected chi connectivity index (χ2v) is 7.29. The molecule has 2 aromatic carbocycles. The molecular weight excluding hydrogens is 419 g/mol. The Kier molecular flexibility index (Phi) is 4.67. The molecule has 7 heteroatoms. The molecule has 0 spiro atoms. The van der Waals surface area contributed by atoms with Crippen molar-refractivity contribution < 1.29 is 26.3 Å². The minimum atomic E-state index is -3.23. The van der Waals surface area contributed by atoms with Crippen LogP contribution in [0.25, 0.3) is 10.9 Å². The summed E-state index contributed by atoms with van der Waals surface area (Å²) < 4.78 is 89.7. The van der Waals surface area contributed by atoms with Crippen molar-refractivity contribution in [1.29, 1.82) is 5.26 Å². The number of carbonyl (C=O) groups excluding carboxylic acids is 1. The van der Waals surface area contributed by atoms with E-state index < -0.39 is 55.8 Å². The van der Waals surface area contributed by atoms with Crippen molar-refractivity contribution in [2.75, 3.05) is 32.5 Å². The molecule has 33 heavy (non-hydrogen) atoms. The number of hydrogen-bond donors (Lipinski definition) is 1. The molecule has 0 unspecified atom stereocenters. The molecule has 1 heterocycles. The summed E-state index contributed by atoms with van der Waals surface area (Å²) in [6, 6.07) is 6.77. The van der Waals surface area contributed by atoms with Crippen LogP contribution in [0.5, 0.6) is 5.75 Å². The average Bonchev–Trinajstić information content (AvgIpc) is 2.89. The van der Waals surface area contributed by atoms with Gasteiger partial charge < -0.3 is 15.0 Å². The highest BCUT2D eigenvalue weighted by atomic mass is 19.1. The maximum absolute atomic E-state index is 13.8. The molecule has 6 nitrogen and oxygen atoms in total. The summed E-state index contributed by atoms with van der Waals surface area (Å²) in [7, 11) is 2.66. The molecule has 0 radical (unpaired) electrons.